The lowest BCUT2D eigenvalue weighted by Gasteiger charge is -2.20. The van der Waals surface area contributed by atoms with Crippen molar-refractivity contribution < 1.29 is 13.2 Å². The van der Waals surface area contributed by atoms with Crippen LogP contribution in [-0.2, 0) is 14.8 Å². The molecule has 0 unspecified atom stereocenters. The Bertz CT molecular complexity index is 541. The van der Waals surface area contributed by atoms with Crippen LogP contribution in [0.5, 0.6) is 0 Å². The van der Waals surface area contributed by atoms with E-state index >= 15 is 0 Å². The molecule has 0 heterocycles. The van der Waals surface area contributed by atoms with Crippen molar-refractivity contribution in [3.8, 4) is 0 Å². The fourth-order valence-electron chi connectivity index (χ4n) is 1.70. The van der Waals surface area contributed by atoms with Crippen LogP contribution >= 0.6 is 0 Å². The zero-order valence-electron chi connectivity index (χ0n) is 11.5. The summed E-state index contributed by atoms with van der Waals surface area (Å²) in [4.78, 5) is 11.8. The molecule has 0 saturated heterocycles. The molecule has 1 amide bonds. The molecule has 0 aliphatic heterocycles. The Hall–Kier alpha value is -1.40. The summed E-state index contributed by atoms with van der Waals surface area (Å²) in [6, 6.07) is 6.68. The second-order valence-electron chi connectivity index (χ2n) is 4.20. The molecule has 1 N–H and O–H groups in total. The van der Waals surface area contributed by atoms with Gasteiger partial charge in [-0.2, -0.15) is 4.31 Å². The van der Waals surface area contributed by atoms with Crippen molar-refractivity contribution in [2.24, 2.45) is 0 Å². The highest BCUT2D eigenvalue weighted by atomic mass is 32.2. The molecule has 0 aliphatic rings. The number of carbonyl (C=O) groups is 1. The number of carbonyl (C=O) groups excluding carboxylic acids is 1. The Kier molecular flexibility index (Phi) is 5.50. The summed E-state index contributed by atoms with van der Waals surface area (Å²) in [5.41, 5.74) is 0.870. The lowest BCUT2D eigenvalue weighted by Crippen LogP contribution is -2.40. The van der Waals surface area contributed by atoms with Crippen LogP contribution in [-0.4, -0.2) is 38.3 Å². The maximum atomic E-state index is 12.4. The van der Waals surface area contributed by atoms with E-state index in [9.17, 15) is 13.2 Å². The van der Waals surface area contributed by atoms with Crippen molar-refractivity contribution >= 4 is 15.9 Å². The molecule has 0 spiro atoms. The molecule has 1 aromatic carbocycles. The van der Waals surface area contributed by atoms with Crippen LogP contribution < -0.4 is 5.32 Å². The van der Waals surface area contributed by atoms with E-state index in [-0.39, 0.29) is 23.9 Å². The molecule has 19 heavy (non-hydrogen) atoms. The summed E-state index contributed by atoms with van der Waals surface area (Å²) in [5, 5.41) is 2.60. The Balaban J connectivity index is 2.99. The average Bonchev–Trinajstić information content (AvgIpc) is 2.36. The number of sulfonamides is 1. The predicted molar refractivity (Wildman–Crippen MR) is 74.3 cm³/mol. The van der Waals surface area contributed by atoms with Crippen LogP contribution in [0.1, 0.15) is 19.4 Å². The highest BCUT2D eigenvalue weighted by Gasteiger charge is 2.24. The van der Waals surface area contributed by atoms with Gasteiger partial charge in [0.25, 0.3) is 0 Å². The predicted octanol–water partition coefficient (Wildman–Crippen LogP) is 1.14. The van der Waals surface area contributed by atoms with E-state index in [1.54, 1.807) is 32.0 Å². The zero-order chi connectivity index (χ0) is 14.5. The third-order valence-electron chi connectivity index (χ3n) is 2.67. The van der Waals surface area contributed by atoms with Gasteiger partial charge in [-0.05, 0) is 31.5 Å². The topological polar surface area (TPSA) is 66.5 Å². The van der Waals surface area contributed by atoms with E-state index < -0.39 is 10.0 Å². The average molecular weight is 284 g/mol. The van der Waals surface area contributed by atoms with Gasteiger partial charge in [0.05, 0.1) is 11.4 Å². The monoisotopic (exact) mass is 284 g/mol. The lowest BCUT2D eigenvalue weighted by atomic mass is 10.2. The van der Waals surface area contributed by atoms with E-state index in [4.69, 9.17) is 0 Å². The van der Waals surface area contributed by atoms with E-state index in [0.717, 1.165) is 5.56 Å². The quantitative estimate of drug-likeness (QED) is 0.852. The number of nitrogens with zero attached hydrogens (tertiary/aromatic N) is 1. The van der Waals surface area contributed by atoms with Crippen molar-refractivity contribution in [2.75, 3.05) is 19.6 Å². The number of benzene rings is 1. The molecular weight excluding hydrogens is 264 g/mol. The minimum Gasteiger partial charge on any atom is -0.355 e. The summed E-state index contributed by atoms with van der Waals surface area (Å²) in [6.45, 7) is 5.93. The summed E-state index contributed by atoms with van der Waals surface area (Å²) >= 11 is 0. The molecule has 0 saturated carbocycles. The second-order valence-corrected chi connectivity index (χ2v) is 6.14. The normalized spacial score (nSPS) is 11.6. The first kappa shape index (κ1) is 15.7. The third kappa shape index (κ3) is 4.04. The van der Waals surface area contributed by atoms with Gasteiger partial charge in [0.2, 0.25) is 15.9 Å². The second kappa shape index (κ2) is 6.68. The first-order valence-corrected chi connectivity index (χ1v) is 7.69. The van der Waals surface area contributed by atoms with Gasteiger partial charge in [0, 0.05) is 13.1 Å². The Labute approximate surface area is 114 Å². The number of likely N-dealkylation sites (N-methyl/N-ethyl adjacent to an activating group) is 2. The summed E-state index contributed by atoms with van der Waals surface area (Å²) in [5.74, 6) is -0.291. The minimum absolute atomic E-state index is 0.152. The molecular formula is C13H20N2O3S. The van der Waals surface area contributed by atoms with Crippen molar-refractivity contribution in [1.29, 1.82) is 0 Å². The highest BCUT2D eigenvalue weighted by Crippen LogP contribution is 2.16. The number of hydrogen-bond donors (Lipinski definition) is 1. The van der Waals surface area contributed by atoms with Crippen LogP contribution in [0.15, 0.2) is 29.2 Å². The molecule has 1 rings (SSSR count). The maximum absolute atomic E-state index is 12.4. The van der Waals surface area contributed by atoms with Gasteiger partial charge < -0.3 is 5.32 Å². The Morgan fingerprint density at radius 1 is 1.32 bits per heavy atom. The van der Waals surface area contributed by atoms with Gasteiger partial charge in [0.1, 0.15) is 0 Å². The van der Waals surface area contributed by atoms with E-state index in [1.807, 2.05) is 13.0 Å². The van der Waals surface area contributed by atoms with Crippen molar-refractivity contribution in [3.63, 3.8) is 0 Å². The minimum atomic E-state index is -3.61. The number of aryl methyl sites for hydroxylation is 1. The van der Waals surface area contributed by atoms with Gasteiger partial charge in [-0.3, -0.25) is 4.79 Å². The summed E-state index contributed by atoms with van der Waals surface area (Å²) in [7, 11) is -3.61. The van der Waals surface area contributed by atoms with Crippen LogP contribution in [0.4, 0.5) is 0 Å². The van der Waals surface area contributed by atoms with Crippen LogP contribution in [0.3, 0.4) is 0 Å². The molecule has 0 aromatic heterocycles. The van der Waals surface area contributed by atoms with Gasteiger partial charge in [-0.25, -0.2) is 8.42 Å². The summed E-state index contributed by atoms with van der Waals surface area (Å²) in [6.07, 6.45) is 0. The maximum Gasteiger partial charge on any atom is 0.243 e. The van der Waals surface area contributed by atoms with E-state index in [1.165, 1.54) is 4.31 Å². The standard InChI is InChI=1S/C13H20N2O3S/c1-4-14-13(16)10-15(5-2)19(17,18)12-8-6-7-11(3)9-12/h6-9H,4-5,10H2,1-3H3,(H,14,16). The number of hydrogen-bond acceptors (Lipinski definition) is 3. The number of amides is 1. The fraction of sp³-hybridized carbons (Fsp3) is 0.462. The number of rotatable bonds is 6. The van der Waals surface area contributed by atoms with Crippen molar-refractivity contribution in [2.45, 2.75) is 25.7 Å². The molecule has 6 heteroatoms. The fourth-order valence-corrected chi connectivity index (χ4v) is 3.22. The first-order chi connectivity index (χ1) is 8.91. The van der Waals surface area contributed by atoms with Crippen molar-refractivity contribution in [3.05, 3.63) is 29.8 Å². The highest BCUT2D eigenvalue weighted by molar-refractivity contribution is 7.89. The smallest absolute Gasteiger partial charge is 0.243 e. The third-order valence-corrected chi connectivity index (χ3v) is 4.59. The zero-order valence-corrected chi connectivity index (χ0v) is 12.3. The number of nitrogens with one attached hydrogen (secondary N) is 1. The van der Waals surface area contributed by atoms with Crippen LogP contribution in [0.25, 0.3) is 0 Å². The van der Waals surface area contributed by atoms with Crippen LogP contribution in [0.2, 0.25) is 0 Å². The molecule has 0 bridgehead atoms. The van der Waals surface area contributed by atoms with E-state index in [2.05, 4.69) is 5.32 Å². The molecule has 5 nitrogen and oxygen atoms in total. The molecule has 0 fully saturated rings. The Morgan fingerprint density at radius 3 is 2.53 bits per heavy atom. The van der Waals surface area contributed by atoms with Crippen molar-refractivity contribution in [1.82, 2.24) is 9.62 Å². The largest absolute Gasteiger partial charge is 0.355 e. The lowest BCUT2D eigenvalue weighted by molar-refractivity contribution is -0.121. The Morgan fingerprint density at radius 2 is 2.00 bits per heavy atom. The SMILES string of the molecule is CCNC(=O)CN(CC)S(=O)(=O)c1cccc(C)c1. The molecule has 0 aliphatic carbocycles. The van der Waals surface area contributed by atoms with Gasteiger partial charge >= 0.3 is 0 Å². The molecule has 1 aromatic rings. The molecule has 0 radical (unpaired) electrons. The molecule has 106 valence electrons. The first-order valence-electron chi connectivity index (χ1n) is 6.25. The van der Waals surface area contributed by atoms with Gasteiger partial charge in [0.15, 0.2) is 0 Å². The van der Waals surface area contributed by atoms with Gasteiger partial charge in [-0.15, -0.1) is 0 Å². The molecule has 0 atom stereocenters. The van der Waals surface area contributed by atoms with Gasteiger partial charge in [-0.1, -0.05) is 19.1 Å². The summed E-state index contributed by atoms with van der Waals surface area (Å²) < 4.78 is 26.0. The van der Waals surface area contributed by atoms with Crippen LogP contribution in [0, 0.1) is 6.92 Å². The van der Waals surface area contributed by atoms with E-state index in [0.29, 0.717) is 6.54 Å².